The van der Waals surface area contributed by atoms with Crippen molar-refractivity contribution in [3.05, 3.63) is 42.3 Å². The maximum Gasteiger partial charge on any atom is 0.308 e. The number of hydrogen-bond donors (Lipinski definition) is 1. The molecule has 1 N–H and O–H groups in total. The van der Waals surface area contributed by atoms with Crippen molar-refractivity contribution in [1.82, 2.24) is 9.88 Å². The lowest BCUT2D eigenvalue weighted by atomic mass is 10.1. The number of carbonyl (C=O) groups excluding carboxylic acids is 1. The Labute approximate surface area is 156 Å². The summed E-state index contributed by atoms with van der Waals surface area (Å²) in [6, 6.07) is 9.87. The van der Waals surface area contributed by atoms with Crippen molar-refractivity contribution in [3.8, 4) is 11.5 Å². The van der Waals surface area contributed by atoms with E-state index in [1.54, 1.807) is 18.1 Å². The Bertz CT molecular complexity index is 758. The minimum atomic E-state index is -0.868. The van der Waals surface area contributed by atoms with Gasteiger partial charge in [0.1, 0.15) is 6.26 Å². The van der Waals surface area contributed by atoms with Crippen LogP contribution in [0.25, 0.3) is 11.5 Å². The molecule has 1 aromatic heterocycles. The molecule has 2 aromatic rings. The molecule has 3 rings (SSSR count). The summed E-state index contributed by atoms with van der Waals surface area (Å²) in [4.78, 5) is 29.7. The van der Waals surface area contributed by atoms with Gasteiger partial charge in [-0.2, -0.15) is 0 Å². The molecule has 1 unspecified atom stereocenters. The van der Waals surface area contributed by atoms with Crippen LogP contribution < -0.4 is 0 Å². The van der Waals surface area contributed by atoms with Crippen LogP contribution in [-0.4, -0.2) is 45.2 Å². The second kappa shape index (κ2) is 8.40. The monoisotopic (exact) mass is 374 g/mol. The molecule has 1 saturated carbocycles. The van der Waals surface area contributed by atoms with Gasteiger partial charge in [0.05, 0.1) is 17.4 Å². The number of carbonyl (C=O) groups is 2. The van der Waals surface area contributed by atoms with Gasteiger partial charge in [0, 0.05) is 23.9 Å². The van der Waals surface area contributed by atoms with Crippen LogP contribution in [0.5, 0.6) is 0 Å². The molecule has 1 aromatic carbocycles. The summed E-state index contributed by atoms with van der Waals surface area (Å²) in [7, 11) is 0. The highest BCUT2D eigenvalue weighted by Crippen LogP contribution is 2.29. The van der Waals surface area contributed by atoms with Crippen LogP contribution in [-0.2, 0) is 15.3 Å². The minimum absolute atomic E-state index is 0.00243. The molecule has 138 valence electrons. The Hall–Kier alpha value is -2.28. The second-order valence-electron chi connectivity index (χ2n) is 6.52. The first-order valence-corrected chi connectivity index (χ1v) is 9.80. The number of thioether (sulfide) groups is 1. The molecule has 1 atom stereocenters. The molecule has 7 heteroatoms. The lowest BCUT2D eigenvalue weighted by molar-refractivity contribution is -0.142. The van der Waals surface area contributed by atoms with Crippen molar-refractivity contribution in [1.29, 1.82) is 0 Å². The number of oxazole rings is 1. The fraction of sp³-hybridized carbons (Fsp3) is 0.421. The second-order valence-corrected chi connectivity index (χ2v) is 7.50. The zero-order chi connectivity index (χ0) is 18.5. The molecule has 1 aliphatic carbocycles. The molecule has 0 radical (unpaired) electrons. The molecule has 0 bridgehead atoms. The van der Waals surface area contributed by atoms with E-state index in [0.29, 0.717) is 17.4 Å². The average molecular weight is 374 g/mol. The predicted molar refractivity (Wildman–Crippen MR) is 99.6 cm³/mol. The average Bonchev–Trinajstić information content (AvgIpc) is 3.37. The van der Waals surface area contributed by atoms with Gasteiger partial charge in [-0.25, -0.2) is 4.98 Å². The van der Waals surface area contributed by atoms with Gasteiger partial charge in [0.2, 0.25) is 11.8 Å². The number of aliphatic carboxylic acids is 1. The smallest absolute Gasteiger partial charge is 0.308 e. The predicted octanol–water partition coefficient (Wildman–Crippen LogP) is 3.29. The van der Waals surface area contributed by atoms with Crippen molar-refractivity contribution < 1.29 is 19.1 Å². The fourth-order valence-electron chi connectivity index (χ4n) is 2.63. The molecule has 0 aliphatic heterocycles. The van der Waals surface area contributed by atoms with Crippen LogP contribution in [0.2, 0.25) is 0 Å². The topological polar surface area (TPSA) is 83.6 Å². The molecular weight excluding hydrogens is 352 g/mol. The normalized spacial score (nSPS) is 14.8. The summed E-state index contributed by atoms with van der Waals surface area (Å²) in [6.07, 6.45) is 3.55. The van der Waals surface area contributed by atoms with Crippen LogP contribution in [0.3, 0.4) is 0 Å². The maximum absolute atomic E-state index is 12.5. The molecule has 0 saturated heterocycles. The number of nitrogens with zero attached hydrogens (tertiary/aromatic N) is 2. The van der Waals surface area contributed by atoms with E-state index in [2.05, 4.69) is 4.98 Å². The molecule has 1 aliphatic rings. The first-order valence-electron chi connectivity index (χ1n) is 8.64. The summed E-state index contributed by atoms with van der Waals surface area (Å²) in [6.45, 7) is 1.92. The quantitative estimate of drug-likeness (QED) is 0.725. The standard InChI is InChI=1S/C19H22N2O4S/c1-13(19(23)24)9-21(16-7-8-16)17(22)12-26-11-15-10-25-18(20-15)14-5-3-2-4-6-14/h2-6,10,13,16H,7-9,11-12H2,1H3,(H,23,24). The Balaban J connectivity index is 1.50. The molecule has 6 nitrogen and oxygen atoms in total. The number of carboxylic acid groups (broad SMARTS) is 1. The Morgan fingerprint density at radius 1 is 1.35 bits per heavy atom. The molecule has 0 spiro atoms. The van der Waals surface area contributed by atoms with Gasteiger partial charge < -0.3 is 14.4 Å². The van der Waals surface area contributed by atoms with Crippen LogP contribution in [0.1, 0.15) is 25.5 Å². The van der Waals surface area contributed by atoms with E-state index in [1.807, 2.05) is 30.3 Å². The first kappa shape index (κ1) is 18.5. The zero-order valence-electron chi connectivity index (χ0n) is 14.6. The van der Waals surface area contributed by atoms with Crippen LogP contribution in [0, 0.1) is 5.92 Å². The number of amides is 1. The summed E-state index contributed by atoms with van der Waals surface area (Å²) < 4.78 is 5.50. The zero-order valence-corrected chi connectivity index (χ0v) is 15.4. The third-order valence-electron chi connectivity index (χ3n) is 4.25. The number of carboxylic acids is 1. The van der Waals surface area contributed by atoms with E-state index in [0.717, 1.165) is 24.1 Å². The van der Waals surface area contributed by atoms with E-state index < -0.39 is 11.9 Å². The highest BCUT2D eigenvalue weighted by Gasteiger charge is 2.34. The van der Waals surface area contributed by atoms with Crippen molar-refractivity contribution in [2.45, 2.75) is 31.6 Å². The Morgan fingerprint density at radius 2 is 2.08 bits per heavy atom. The van der Waals surface area contributed by atoms with Crippen LogP contribution in [0.4, 0.5) is 0 Å². The van der Waals surface area contributed by atoms with Gasteiger partial charge in [-0.1, -0.05) is 25.1 Å². The highest BCUT2D eigenvalue weighted by molar-refractivity contribution is 7.99. The Morgan fingerprint density at radius 3 is 2.73 bits per heavy atom. The third-order valence-corrected chi connectivity index (χ3v) is 5.20. The number of aromatic nitrogens is 1. The van der Waals surface area contributed by atoms with Gasteiger partial charge in [-0.3, -0.25) is 9.59 Å². The van der Waals surface area contributed by atoms with Crippen molar-refractivity contribution >= 4 is 23.6 Å². The summed E-state index contributed by atoms with van der Waals surface area (Å²) in [5, 5.41) is 9.07. The molecule has 1 amide bonds. The van der Waals surface area contributed by atoms with Gasteiger partial charge in [-0.15, -0.1) is 11.8 Å². The van der Waals surface area contributed by atoms with Gasteiger partial charge in [0.25, 0.3) is 0 Å². The SMILES string of the molecule is CC(CN(C(=O)CSCc1coc(-c2ccccc2)n1)C1CC1)C(=O)O. The number of hydrogen-bond acceptors (Lipinski definition) is 5. The van der Waals surface area contributed by atoms with E-state index in [1.165, 1.54) is 11.8 Å². The maximum atomic E-state index is 12.5. The number of benzene rings is 1. The number of rotatable bonds is 9. The summed E-state index contributed by atoms with van der Waals surface area (Å²) >= 11 is 1.47. The lowest BCUT2D eigenvalue weighted by Crippen LogP contribution is -2.39. The third kappa shape index (κ3) is 4.88. The lowest BCUT2D eigenvalue weighted by Gasteiger charge is -2.24. The molecule has 26 heavy (non-hydrogen) atoms. The van der Waals surface area contributed by atoms with Gasteiger partial charge in [0.15, 0.2) is 0 Å². The van der Waals surface area contributed by atoms with Crippen molar-refractivity contribution in [3.63, 3.8) is 0 Å². The fourth-order valence-corrected chi connectivity index (χ4v) is 3.41. The van der Waals surface area contributed by atoms with E-state index in [9.17, 15) is 9.59 Å². The van der Waals surface area contributed by atoms with Gasteiger partial charge in [-0.05, 0) is 25.0 Å². The van der Waals surface area contributed by atoms with E-state index in [4.69, 9.17) is 9.52 Å². The Kier molecular flexibility index (Phi) is 5.98. The first-order chi connectivity index (χ1) is 12.5. The largest absolute Gasteiger partial charge is 0.481 e. The molecule has 1 heterocycles. The van der Waals surface area contributed by atoms with E-state index in [-0.39, 0.29) is 18.5 Å². The minimum Gasteiger partial charge on any atom is -0.481 e. The molecular formula is C19H22N2O4S. The summed E-state index contributed by atoms with van der Waals surface area (Å²) in [5.74, 6) is 0.0475. The highest BCUT2D eigenvalue weighted by atomic mass is 32.2. The molecule has 1 fully saturated rings. The van der Waals surface area contributed by atoms with Crippen LogP contribution >= 0.6 is 11.8 Å². The summed E-state index contributed by atoms with van der Waals surface area (Å²) in [5.41, 5.74) is 1.71. The van der Waals surface area contributed by atoms with Gasteiger partial charge >= 0.3 is 5.97 Å². The van der Waals surface area contributed by atoms with Crippen molar-refractivity contribution in [2.24, 2.45) is 5.92 Å². The van der Waals surface area contributed by atoms with Crippen molar-refractivity contribution in [2.75, 3.05) is 12.3 Å². The van der Waals surface area contributed by atoms with E-state index >= 15 is 0 Å². The van der Waals surface area contributed by atoms with Crippen LogP contribution in [0.15, 0.2) is 41.0 Å².